The van der Waals surface area contributed by atoms with E-state index in [1.54, 1.807) is 24.3 Å². The minimum absolute atomic E-state index is 0.0514. The van der Waals surface area contributed by atoms with Gasteiger partial charge < -0.3 is 19.7 Å². The first-order valence-corrected chi connectivity index (χ1v) is 13.1. The van der Waals surface area contributed by atoms with Gasteiger partial charge in [-0.3, -0.25) is 9.52 Å². The lowest BCUT2D eigenvalue weighted by Crippen LogP contribution is -2.30. The third-order valence-corrected chi connectivity index (χ3v) is 6.97. The van der Waals surface area contributed by atoms with E-state index in [0.29, 0.717) is 42.5 Å². The van der Waals surface area contributed by atoms with Crippen LogP contribution in [0.25, 0.3) is 0 Å². The van der Waals surface area contributed by atoms with Gasteiger partial charge in [-0.15, -0.1) is 0 Å². The molecule has 3 aromatic carbocycles. The highest BCUT2D eigenvalue weighted by atomic mass is 32.2. The number of nitrogens with one attached hydrogen (secondary N) is 2. The van der Waals surface area contributed by atoms with Gasteiger partial charge >= 0.3 is 0 Å². The maximum absolute atomic E-state index is 12.9. The standard InChI is InChI=1S/C26H29N3O5S/c1-2-29(22-10-4-3-5-11-22)15-7-14-27-26(30)20-8-6-9-21(18-20)28-35(31,32)23-12-13-24-25(19-23)34-17-16-33-24/h3-6,8-13,18-19,28H,2,7,14-17H2,1H3,(H,27,30). The Morgan fingerprint density at radius 1 is 0.943 bits per heavy atom. The fourth-order valence-corrected chi connectivity index (χ4v) is 4.88. The predicted octanol–water partition coefficient (Wildman–Crippen LogP) is 3.91. The van der Waals surface area contributed by atoms with E-state index in [2.05, 4.69) is 34.0 Å². The van der Waals surface area contributed by atoms with Crippen LogP contribution in [0.3, 0.4) is 0 Å². The number of benzene rings is 3. The van der Waals surface area contributed by atoms with Crippen LogP contribution < -0.4 is 24.4 Å². The quantitative estimate of drug-likeness (QED) is 0.414. The predicted molar refractivity (Wildman–Crippen MR) is 136 cm³/mol. The van der Waals surface area contributed by atoms with Crippen LogP contribution in [0, 0.1) is 0 Å². The highest BCUT2D eigenvalue weighted by Gasteiger charge is 2.20. The molecule has 0 saturated heterocycles. The lowest BCUT2D eigenvalue weighted by Gasteiger charge is -2.23. The first-order chi connectivity index (χ1) is 17.0. The minimum atomic E-state index is -3.87. The van der Waals surface area contributed by atoms with Crippen LogP contribution in [-0.4, -0.2) is 47.2 Å². The molecule has 0 bridgehead atoms. The number of hydrogen-bond acceptors (Lipinski definition) is 6. The Morgan fingerprint density at radius 2 is 1.71 bits per heavy atom. The van der Waals surface area contributed by atoms with E-state index in [0.717, 1.165) is 25.2 Å². The lowest BCUT2D eigenvalue weighted by atomic mass is 10.2. The lowest BCUT2D eigenvalue weighted by molar-refractivity contribution is 0.0953. The Bertz CT molecular complexity index is 1260. The van der Waals surface area contributed by atoms with Gasteiger partial charge in [0.25, 0.3) is 15.9 Å². The van der Waals surface area contributed by atoms with Crippen molar-refractivity contribution in [2.45, 2.75) is 18.2 Å². The van der Waals surface area contributed by atoms with Crippen LogP contribution in [0.5, 0.6) is 11.5 Å². The van der Waals surface area contributed by atoms with Crippen LogP contribution in [0.2, 0.25) is 0 Å². The Balaban J connectivity index is 1.34. The molecule has 0 unspecified atom stereocenters. The van der Waals surface area contributed by atoms with Crippen molar-refractivity contribution in [1.82, 2.24) is 5.32 Å². The zero-order valence-corrected chi connectivity index (χ0v) is 20.4. The molecule has 35 heavy (non-hydrogen) atoms. The molecule has 1 aliphatic rings. The third kappa shape index (κ3) is 6.24. The fraction of sp³-hybridized carbons (Fsp3) is 0.269. The summed E-state index contributed by atoms with van der Waals surface area (Å²) in [6, 6.07) is 21.0. The summed E-state index contributed by atoms with van der Waals surface area (Å²) >= 11 is 0. The number of carbonyl (C=O) groups is 1. The van der Waals surface area contributed by atoms with Gasteiger partial charge in [-0.2, -0.15) is 0 Å². The Morgan fingerprint density at radius 3 is 2.49 bits per heavy atom. The maximum atomic E-state index is 12.9. The molecule has 184 valence electrons. The van der Waals surface area contributed by atoms with Crippen molar-refractivity contribution >= 4 is 27.3 Å². The topological polar surface area (TPSA) is 97.0 Å². The fourth-order valence-electron chi connectivity index (χ4n) is 3.81. The summed E-state index contributed by atoms with van der Waals surface area (Å²) in [5.74, 6) is 0.647. The van der Waals surface area contributed by atoms with E-state index in [4.69, 9.17) is 9.47 Å². The molecule has 0 fully saturated rings. The van der Waals surface area contributed by atoms with Crippen molar-refractivity contribution in [2.75, 3.05) is 42.5 Å². The number of carbonyl (C=O) groups excluding carboxylic acids is 1. The van der Waals surface area contributed by atoms with Crippen molar-refractivity contribution in [2.24, 2.45) is 0 Å². The number of rotatable bonds is 10. The number of anilines is 2. The van der Waals surface area contributed by atoms with Crippen molar-refractivity contribution in [3.05, 3.63) is 78.4 Å². The number of amides is 1. The number of nitrogens with zero attached hydrogens (tertiary/aromatic N) is 1. The summed E-state index contributed by atoms with van der Waals surface area (Å²) < 4.78 is 39.2. The maximum Gasteiger partial charge on any atom is 0.262 e. The largest absolute Gasteiger partial charge is 0.486 e. The SMILES string of the molecule is CCN(CCCNC(=O)c1cccc(NS(=O)(=O)c2ccc3c(c2)OCCO3)c1)c1ccccc1. The van der Waals surface area contributed by atoms with Gasteiger partial charge in [-0.05, 0) is 55.8 Å². The first kappa shape index (κ1) is 24.4. The van der Waals surface area contributed by atoms with E-state index in [9.17, 15) is 13.2 Å². The average Bonchev–Trinajstić information content (AvgIpc) is 2.88. The Labute approximate surface area is 205 Å². The summed E-state index contributed by atoms with van der Waals surface area (Å²) in [4.78, 5) is 14.9. The van der Waals surface area contributed by atoms with Gasteiger partial charge in [-0.1, -0.05) is 24.3 Å². The third-order valence-electron chi connectivity index (χ3n) is 5.59. The van der Waals surface area contributed by atoms with E-state index in [-0.39, 0.29) is 10.8 Å². The molecule has 3 aromatic rings. The zero-order chi connectivity index (χ0) is 24.7. The normalized spacial score (nSPS) is 12.6. The molecule has 1 heterocycles. The molecule has 0 radical (unpaired) electrons. The van der Waals surface area contributed by atoms with Crippen LogP contribution >= 0.6 is 0 Å². The molecule has 0 spiro atoms. The number of hydrogen-bond donors (Lipinski definition) is 2. The molecule has 0 aliphatic carbocycles. The first-order valence-electron chi connectivity index (χ1n) is 11.6. The van der Waals surface area contributed by atoms with Gasteiger partial charge in [0.1, 0.15) is 13.2 Å². The van der Waals surface area contributed by atoms with Crippen LogP contribution in [0.4, 0.5) is 11.4 Å². The number of ether oxygens (including phenoxy) is 2. The molecule has 1 amide bonds. The molecule has 0 atom stereocenters. The number of sulfonamides is 1. The van der Waals surface area contributed by atoms with Crippen LogP contribution in [-0.2, 0) is 10.0 Å². The van der Waals surface area contributed by atoms with E-state index in [1.165, 1.54) is 18.2 Å². The summed E-state index contributed by atoms with van der Waals surface area (Å²) in [5.41, 5.74) is 1.83. The van der Waals surface area contributed by atoms with Crippen LogP contribution in [0.15, 0.2) is 77.7 Å². The van der Waals surface area contributed by atoms with Crippen molar-refractivity contribution in [3.63, 3.8) is 0 Å². The molecule has 1 aliphatic heterocycles. The van der Waals surface area contributed by atoms with Crippen molar-refractivity contribution in [3.8, 4) is 11.5 Å². The molecule has 0 aromatic heterocycles. The van der Waals surface area contributed by atoms with Gasteiger partial charge in [-0.25, -0.2) is 8.42 Å². The number of fused-ring (bicyclic) bond motifs is 1. The van der Waals surface area contributed by atoms with Crippen molar-refractivity contribution < 1.29 is 22.7 Å². The van der Waals surface area contributed by atoms with E-state index < -0.39 is 10.0 Å². The molecule has 8 nitrogen and oxygen atoms in total. The van der Waals surface area contributed by atoms with Gasteiger partial charge in [0.2, 0.25) is 0 Å². The van der Waals surface area contributed by atoms with Gasteiger partial charge in [0, 0.05) is 42.6 Å². The minimum Gasteiger partial charge on any atom is -0.486 e. The second kappa shape index (κ2) is 11.1. The summed E-state index contributed by atoms with van der Waals surface area (Å²) in [5, 5.41) is 2.91. The highest BCUT2D eigenvalue weighted by Crippen LogP contribution is 2.32. The molecule has 9 heteroatoms. The van der Waals surface area contributed by atoms with Gasteiger partial charge in [0.05, 0.1) is 4.90 Å². The zero-order valence-electron chi connectivity index (χ0n) is 19.6. The molecule has 4 rings (SSSR count). The summed E-state index contributed by atoms with van der Waals surface area (Å²) in [7, 11) is -3.87. The van der Waals surface area contributed by atoms with E-state index in [1.807, 2.05) is 18.2 Å². The molecule has 0 saturated carbocycles. The highest BCUT2D eigenvalue weighted by molar-refractivity contribution is 7.92. The second-order valence-corrected chi connectivity index (χ2v) is 9.70. The monoisotopic (exact) mass is 495 g/mol. The van der Waals surface area contributed by atoms with E-state index >= 15 is 0 Å². The smallest absolute Gasteiger partial charge is 0.262 e. The summed E-state index contributed by atoms with van der Waals surface area (Å²) in [6.45, 7) is 5.10. The molecular formula is C26H29N3O5S. The van der Waals surface area contributed by atoms with Crippen LogP contribution in [0.1, 0.15) is 23.7 Å². The number of para-hydroxylation sites is 1. The van der Waals surface area contributed by atoms with Gasteiger partial charge in [0.15, 0.2) is 11.5 Å². The second-order valence-electron chi connectivity index (χ2n) is 8.02. The average molecular weight is 496 g/mol. The molecule has 2 N–H and O–H groups in total. The summed E-state index contributed by atoms with van der Waals surface area (Å²) in [6.07, 6.45) is 0.783. The molecular weight excluding hydrogens is 466 g/mol. The Hall–Kier alpha value is -3.72. The Kier molecular flexibility index (Phi) is 7.77. The van der Waals surface area contributed by atoms with Crippen molar-refractivity contribution in [1.29, 1.82) is 0 Å².